The fourth-order valence-corrected chi connectivity index (χ4v) is 4.68. The van der Waals surface area contributed by atoms with Gasteiger partial charge in [0.1, 0.15) is 5.75 Å². The van der Waals surface area contributed by atoms with E-state index < -0.39 is 0 Å². The molecular formula is C19H21NO2S. The maximum atomic E-state index is 12.6. The summed E-state index contributed by atoms with van der Waals surface area (Å²) in [6.45, 7) is 3.03. The second-order valence-electron chi connectivity index (χ2n) is 6.38. The van der Waals surface area contributed by atoms with Gasteiger partial charge in [-0.3, -0.25) is 4.79 Å². The number of rotatable bonds is 3. The quantitative estimate of drug-likeness (QED) is 0.859. The summed E-state index contributed by atoms with van der Waals surface area (Å²) in [5.74, 6) is 0.898. The maximum Gasteiger partial charge on any atom is 0.261 e. The molecule has 120 valence electrons. The number of aryl methyl sites for hydroxylation is 2. The molecule has 0 N–H and O–H groups in total. The largest absolute Gasteiger partial charge is 0.484 e. The summed E-state index contributed by atoms with van der Waals surface area (Å²) < 4.78 is 5.78. The van der Waals surface area contributed by atoms with E-state index in [2.05, 4.69) is 30.5 Å². The molecule has 4 rings (SSSR count). The number of thiophene rings is 1. The van der Waals surface area contributed by atoms with Crippen LogP contribution in [-0.4, -0.2) is 24.0 Å². The molecule has 2 aliphatic rings. The summed E-state index contributed by atoms with van der Waals surface area (Å²) in [4.78, 5) is 15.9. The van der Waals surface area contributed by atoms with E-state index >= 15 is 0 Å². The molecule has 1 amide bonds. The minimum atomic E-state index is 0.0786. The number of hydrogen-bond acceptors (Lipinski definition) is 3. The maximum absolute atomic E-state index is 12.6. The molecule has 1 aliphatic carbocycles. The van der Waals surface area contributed by atoms with Gasteiger partial charge >= 0.3 is 0 Å². The lowest BCUT2D eigenvalue weighted by molar-refractivity contribution is -0.135. The molecule has 0 unspecified atom stereocenters. The molecule has 0 saturated carbocycles. The predicted molar refractivity (Wildman–Crippen MR) is 92.1 cm³/mol. The number of carbonyl (C=O) groups is 1. The van der Waals surface area contributed by atoms with Crippen molar-refractivity contribution in [3.63, 3.8) is 0 Å². The summed E-state index contributed by atoms with van der Waals surface area (Å²) in [5, 5.41) is 2.12. The second-order valence-corrected chi connectivity index (χ2v) is 7.39. The molecular weight excluding hydrogens is 306 g/mol. The standard InChI is InChI=1S/C19H21NO2S/c1-13-17-8-10-23-18(17)7-9-20(13)19(21)12-22-16-6-5-14-3-2-4-15(14)11-16/h5-6,8,10-11,13H,2-4,7,9,12H2,1H3/t13-/m1/s1. The summed E-state index contributed by atoms with van der Waals surface area (Å²) >= 11 is 1.80. The molecule has 23 heavy (non-hydrogen) atoms. The Morgan fingerprint density at radius 2 is 2.13 bits per heavy atom. The third-order valence-electron chi connectivity index (χ3n) is 5.03. The van der Waals surface area contributed by atoms with Crippen LogP contribution in [-0.2, 0) is 24.1 Å². The van der Waals surface area contributed by atoms with E-state index in [0.29, 0.717) is 0 Å². The van der Waals surface area contributed by atoms with Gasteiger partial charge in [-0.05, 0) is 72.9 Å². The Kier molecular flexibility index (Phi) is 3.85. The number of ether oxygens (including phenoxy) is 1. The first-order valence-electron chi connectivity index (χ1n) is 8.33. The topological polar surface area (TPSA) is 29.5 Å². The van der Waals surface area contributed by atoms with Gasteiger partial charge in [0.25, 0.3) is 5.91 Å². The van der Waals surface area contributed by atoms with Crippen LogP contribution in [0.25, 0.3) is 0 Å². The van der Waals surface area contributed by atoms with Crippen molar-refractivity contribution in [2.75, 3.05) is 13.2 Å². The minimum Gasteiger partial charge on any atom is -0.484 e. The number of nitrogens with zero attached hydrogens (tertiary/aromatic N) is 1. The summed E-state index contributed by atoms with van der Waals surface area (Å²) in [7, 11) is 0. The fraction of sp³-hybridized carbons (Fsp3) is 0.421. The van der Waals surface area contributed by atoms with E-state index in [9.17, 15) is 4.79 Å². The van der Waals surface area contributed by atoms with Crippen LogP contribution in [0.5, 0.6) is 5.75 Å². The van der Waals surface area contributed by atoms with Crippen LogP contribution in [0.15, 0.2) is 29.6 Å². The SMILES string of the molecule is C[C@@H]1c2ccsc2CCN1C(=O)COc1ccc2c(c1)CCC2. The molecule has 0 saturated heterocycles. The van der Waals surface area contributed by atoms with Crippen molar-refractivity contribution >= 4 is 17.2 Å². The second kappa shape index (κ2) is 6.00. The zero-order valence-corrected chi connectivity index (χ0v) is 14.2. The van der Waals surface area contributed by atoms with Crippen molar-refractivity contribution in [3.05, 3.63) is 51.2 Å². The number of carbonyl (C=O) groups excluding carboxylic acids is 1. The van der Waals surface area contributed by atoms with Crippen LogP contribution in [0.4, 0.5) is 0 Å². The lowest BCUT2D eigenvalue weighted by Gasteiger charge is -2.33. The van der Waals surface area contributed by atoms with E-state index in [4.69, 9.17) is 4.74 Å². The highest BCUT2D eigenvalue weighted by Gasteiger charge is 2.28. The number of benzene rings is 1. The Labute approximate surface area is 140 Å². The first-order chi connectivity index (χ1) is 11.2. The molecule has 0 bridgehead atoms. The van der Waals surface area contributed by atoms with Gasteiger partial charge in [0.05, 0.1) is 6.04 Å². The first kappa shape index (κ1) is 14.8. The van der Waals surface area contributed by atoms with Gasteiger partial charge in [0.2, 0.25) is 0 Å². The highest BCUT2D eigenvalue weighted by Crippen LogP contribution is 2.33. The van der Waals surface area contributed by atoms with Gasteiger partial charge in [0, 0.05) is 11.4 Å². The van der Waals surface area contributed by atoms with Crippen LogP contribution >= 0.6 is 11.3 Å². The summed E-state index contributed by atoms with van der Waals surface area (Å²) in [6.07, 6.45) is 4.49. The van der Waals surface area contributed by atoms with Crippen LogP contribution in [0, 0.1) is 0 Å². The first-order valence-corrected chi connectivity index (χ1v) is 9.20. The Bertz CT molecular complexity index is 737. The third-order valence-corrected chi connectivity index (χ3v) is 6.03. The average molecular weight is 327 g/mol. The van der Waals surface area contributed by atoms with Gasteiger partial charge in [-0.25, -0.2) is 0 Å². The van der Waals surface area contributed by atoms with Crippen molar-refractivity contribution in [3.8, 4) is 5.75 Å². The lowest BCUT2D eigenvalue weighted by Crippen LogP contribution is -2.40. The Morgan fingerprint density at radius 3 is 3.04 bits per heavy atom. The molecule has 0 radical (unpaired) electrons. The average Bonchev–Trinajstić information content (AvgIpc) is 3.21. The molecule has 0 spiro atoms. The number of hydrogen-bond donors (Lipinski definition) is 0. The smallest absolute Gasteiger partial charge is 0.261 e. The van der Waals surface area contributed by atoms with Gasteiger partial charge in [-0.2, -0.15) is 0 Å². The Morgan fingerprint density at radius 1 is 1.26 bits per heavy atom. The molecule has 0 fully saturated rings. The normalized spacial score (nSPS) is 19.3. The Hall–Kier alpha value is -1.81. The van der Waals surface area contributed by atoms with Crippen molar-refractivity contribution in [2.24, 2.45) is 0 Å². The van der Waals surface area contributed by atoms with Gasteiger partial charge < -0.3 is 9.64 Å². The molecule has 1 aromatic heterocycles. The van der Waals surface area contributed by atoms with E-state index in [-0.39, 0.29) is 18.6 Å². The van der Waals surface area contributed by atoms with E-state index in [1.54, 1.807) is 11.3 Å². The third kappa shape index (κ3) is 2.76. The van der Waals surface area contributed by atoms with Gasteiger partial charge in [-0.1, -0.05) is 6.07 Å². The summed E-state index contributed by atoms with van der Waals surface area (Å²) in [5.41, 5.74) is 4.11. The Balaban J connectivity index is 1.41. The van der Waals surface area contributed by atoms with Crippen molar-refractivity contribution in [2.45, 2.75) is 38.6 Å². The van der Waals surface area contributed by atoms with Crippen LogP contribution < -0.4 is 4.74 Å². The molecule has 2 heterocycles. The molecule has 1 atom stereocenters. The highest BCUT2D eigenvalue weighted by atomic mass is 32.1. The minimum absolute atomic E-state index is 0.0786. The van der Waals surface area contributed by atoms with E-state index in [0.717, 1.165) is 25.1 Å². The van der Waals surface area contributed by atoms with Crippen molar-refractivity contribution < 1.29 is 9.53 Å². The summed E-state index contributed by atoms with van der Waals surface area (Å²) in [6, 6.07) is 8.54. The molecule has 1 aliphatic heterocycles. The van der Waals surface area contributed by atoms with Crippen LogP contribution in [0.2, 0.25) is 0 Å². The van der Waals surface area contributed by atoms with E-state index in [1.165, 1.54) is 34.4 Å². The highest BCUT2D eigenvalue weighted by molar-refractivity contribution is 7.10. The van der Waals surface area contributed by atoms with Crippen molar-refractivity contribution in [1.29, 1.82) is 0 Å². The predicted octanol–water partition coefficient (Wildman–Crippen LogP) is 3.76. The van der Waals surface area contributed by atoms with Gasteiger partial charge in [0.15, 0.2) is 6.61 Å². The molecule has 2 aromatic rings. The van der Waals surface area contributed by atoms with Crippen LogP contribution in [0.3, 0.4) is 0 Å². The number of amides is 1. The number of fused-ring (bicyclic) bond motifs is 2. The lowest BCUT2D eigenvalue weighted by atomic mass is 10.0. The van der Waals surface area contributed by atoms with Crippen molar-refractivity contribution in [1.82, 2.24) is 4.90 Å². The monoisotopic (exact) mass is 327 g/mol. The zero-order chi connectivity index (χ0) is 15.8. The molecule has 3 nitrogen and oxygen atoms in total. The molecule has 1 aromatic carbocycles. The fourth-order valence-electron chi connectivity index (χ4n) is 3.72. The van der Waals surface area contributed by atoms with Crippen LogP contribution in [0.1, 0.15) is 41.0 Å². The van der Waals surface area contributed by atoms with Gasteiger partial charge in [-0.15, -0.1) is 11.3 Å². The zero-order valence-electron chi connectivity index (χ0n) is 13.4. The molecule has 4 heteroatoms. The van der Waals surface area contributed by atoms with E-state index in [1.807, 2.05) is 11.0 Å².